The summed E-state index contributed by atoms with van der Waals surface area (Å²) in [7, 11) is -2.00. The van der Waals surface area contributed by atoms with Crippen molar-refractivity contribution >= 4 is 21.8 Å². The van der Waals surface area contributed by atoms with Gasteiger partial charge in [0.25, 0.3) is 5.91 Å². The highest BCUT2D eigenvalue weighted by Crippen LogP contribution is 2.21. The molecular weight excluding hydrogens is 390 g/mol. The van der Waals surface area contributed by atoms with E-state index in [1.165, 1.54) is 21.3 Å². The van der Waals surface area contributed by atoms with Gasteiger partial charge in [-0.25, -0.2) is 8.42 Å². The Balaban J connectivity index is 2.28. The predicted molar refractivity (Wildman–Crippen MR) is 112 cm³/mol. The molecule has 7 nitrogen and oxygen atoms in total. The first-order chi connectivity index (χ1) is 13.6. The second-order valence-corrected chi connectivity index (χ2v) is 8.73. The zero-order valence-electron chi connectivity index (χ0n) is 17.2. The molecule has 2 rings (SSSR count). The van der Waals surface area contributed by atoms with Crippen molar-refractivity contribution in [3.8, 4) is 0 Å². The van der Waals surface area contributed by atoms with E-state index in [2.05, 4.69) is 0 Å². The summed E-state index contributed by atoms with van der Waals surface area (Å²) in [6.07, 6.45) is 0. The number of rotatable bonds is 8. The Hall–Kier alpha value is -2.71. The lowest BCUT2D eigenvalue weighted by Gasteiger charge is -2.21. The monoisotopic (exact) mass is 417 g/mol. The van der Waals surface area contributed by atoms with Crippen LogP contribution in [0, 0.1) is 6.92 Å². The van der Waals surface area contributed by atoms with E-state index in [1.807, 2.05) is 0 Å². The first-order valence-electron chi connectivity index (χ1n) is 9.36. The molecular formula is C21H27N3O4S. The first-order valence-corrected chi connectivity index (χ1v) is 10.8. The zero-order chi connectivity index (χ0) is 21.8. The second kappa shape index (κ2) is 9.19. The molecule has 0 aliphatic carbocycles. The summed E-state index contributed by atoms with van der Waals surface area (Å²) in [5, 5.41) is 0. The molecule has 0 radical (unpaired) electrons. The van der Waals surface area contributed by atoms with Crippen LogP contribution in [0.4, 0.5) is 0 Å². The van der Waals surface area contributed by atoms with Gasteiger partial charge in [-0.3, -0.25) is 9.59 Å². The maximum atomic E-state index is 13.0. The molecule has 0 fully saturated rings. The third-order valence-corrected chi connectivity index (χ3v) is 6.83. The molecule has 0 atom stereocenters. The van der Waals surface area contributed by atoms with Crippen molar-refractivity contribution in [1.29, 1.82) is 0 Å². The van der Waals surface area contributed by atoms with Gasteiger partial charge < -0.3 is 10.6 Å². The van der Waals surface area contributed by atoms with Crippen molar-refractivity contribution < 1.29 is 18.0 Å². The molecule has 0 bridgehead atoms. The lowest BCUT2D eigenvalue weighted by Crippen LogP contribution is -2.31. The predicted octanol–water partition coefficient (Wildman–Crippen LogP) is 2.40. The maximum Gasteiger partial charge on any atom is 0.254 e. The average Bonchev–Trinajstić information content (AvgIpc) is 2.68. The van der Waals surface area contributed by atoms with Gasteiger partial charge >= 0.3 is 0 Å². The molecule has 2 aromatic rings. The smallest absolute Gasteiger partial charge is 0.254 e. The molecule has 2 amide bonds. The molecule has 2 N–H and O–H groups in total. The molecule has 0 aromatic heterocycles. The number of amides is 2. The van der Waals surface area contributed by atoms with Gasteiger partial charge in [-0.1, -0.05) is 32.0 Å². The Morgan fingerprint density at radius 2 is 1.59 bits per heavy atom. The van der Waals surface area contributed by atoms with E-state index < -0.39 is 15.9 Å². The average molecular weight is 418 g/mol. The molecule has 0 aliphatic heterocycles. The van der Waals surface area contributed by atoms with E-state index in [0.29, 0.717) is 36.3 Å². The van der Waals surface area contributed by atoms with Crippen LogP contribution >= 0.6 is 0 Å². The third-order valence-electron chi connectivity index (χ3n) is 4.79. The minimum absolute atomic E-state index is 0.106. The third kappa shape index (κ3) is 5.02. The number of benzene rings is 2. The van der Waals surface area contributed by atoms with Crippen LogP contribution in [0.15, 0.2) is 47.4 Å². The summed E-state index contributed by atoms with van der Waals surface area (Å²) in [5.74, 6) is -0.791. The van der Waals surface area contributed by atoms with Gasteiger partial charge in [0.05, 0.1) is 4.90 Å². The maximum absolute atomic E-state index is 13.0. The summed E-state index contributed by atoms with van der Waals surface area (Å²) < 4.78 is 26.9. The van der Waals surface area contributed by atoms with Gasteiger partial charge in [0.2, 0.25) is 15.9 Å². The van der Waals surface area contributed by atoms with Gasteiger partial charge in [0, 0.05) is 37.8 Å². The Labute approximate surface area is 172 Å². The fourth-order valence-corrected chi connectivity index (χ4v) is 4.52. The number of hydrogen-bond acceptors (Lipinski definition) is 4. The van der Waals surface area contributed by atoms with Crippen molar-refractivity contribution in [3.05, 3.63) is 64.7 Å². The van der Waals surface area contributed by atoms with Crippen LogP contribution in [0.5, 0.6) is 0 Å². The number of nitrogens with zero attached hydrogens (tertiary/aromatic N) is 2. The molecule has 0 saturated carbocycles. The SMILES string of the molecule is CCN(CC)S(=O)(=O)c1ccc(C)c(C(=O)N(C)Cc2ccc(C(N)=O)cc2)c1. The molecule has 0 unspecified atom stereocenters. The molecule has 0 saturated heterocycles. The second-order valence-electron chi connectivity index (χ2n) is 6.79. The highest BCUT2D eigenvalue weighted by Gasteiger charge is 2.24. The lowest BCUT2D eigenvalue weighted by atomic mass is 10.1. The molecule has 8 heteroatoms. The summed E-state index contributed by atoms with van der Waals surface area (Å²) in [6, 6.07) is 11.3. The highest BCUT2D eigenvalue weighted by molar-refractivity contribution is 7.89. The van der Waals surface area contributed by atoms with Crippen LogP contribution in [0.1, 0.15) is 45.7 Å². The van der Waals surface area contributed by atoms with Gasteiger partial charge in [-0.2, -0.15) is 4.31 Å². The van der Waals surface area contributed by atoms with Crippen LogP contribution in [0.25, 0.3) is 0 Å². The van der Waals surface area contributed by atoms with E-state index in [-0.39, 0.29) is 10.8 Å². The van der Waals surface area contributed by atoms with Gasteiger partial charge in [-0.05, 0) is 42.3 Å². The van der Waals surface area contributed by atoms with Crippen molar-refractivity contribution in [1.82, 2.24) is 9.21 Å². The van der Waals surface area contributed by atoms with Crippen molar-refractivity contribution in [2.45, 2.75) is 32.2 Å². The number of carbonyl (C=O) groups excluding carboxylic acids is 2. The van der Waals surface area contributed by atoms with Gasteiger partial charge in [-0.15, -0.1) is 0 Å². The van der Waals surface area contributed by atoms with Crippen LogP contribution in [0.2, 0.25) is 0 Å². The van der Waals surface area contributed by atoms with E-state index in [1.54, 1.807) is 58.2 Å². The normalized spacial score (nSPS) is 11.5. The van der Waals surface area contributed by atoms with Crippen molar-refractivity contribution in [2.24, 2.45) is 5.73 Å². The standard InChI is InChI=1S/C21H27N3O4S/c1-5-24(6-2)29(27,28)18-12-7-15(3)19(13-18)21(26)23(4)14-16-8-10-17(11-9-16)20(22)25/h7-13H,5-6,14H2,1-4H3,(H2,22,25). The minimum Gasteiger partial charge on any atom is -0.366 e. The summed E-state index contributed by atoms with van der Waals surface area (Å²) in [4.78, 5) is 25.8. The Morgan fingerprint density at radius 3 is 2.10 bits per heavy atom. The van der Waals surface area contributed by atoms with Crippen LogP contribution in [-0.4, -0.2) is 49.6 Å². The number of primary amides is 1. The number of carbonyl (C=O) groups is 2. The summed E-state index contributed by atoms with van der Waals surface area (Å²) in [6.45, 7) is 6.35. The fraction of sp³-hybridized carbons (Fsp3) is 0.333. The molecule has 156 valence electrons. The number of hydrogen-bond donors (Lipinski definition) is 1. The summed E-state index contributed by atoms with van der Waals surface area (Å²) >= 11 is 0. The Bertz CT molecular complexity index is 997. The largest absolute Gasteiger partial charge is 0.366 e. The topological polar surface area (TPSA) is 101 Å². The molecule has 29 heavy (non-hydrogen) atoms. The van der Waals surface area contributed by atoms with Crippen molar-refractivity contribution in [2.75, 3.05) is 20.1 Å². The quantitative estimate of drug-likeness (QED) is 0.713. The molecule has 2 aromatic carbocycles. The number of sulfonamides is 1. The van der Waals surface area contributed by atoms with Crippen LogP contribution in [-0.2, 0) is 16.6 Å². The number of nitrogens with two attached hydrogens (primary N) is 1. The highest BCUT2D eigenvalue weighted by atomic mass is 32.2. The Morgan fingerprint density at radius 1 is 1.00 bits per heavy atom. The van der Waals surface area contributed by atoms with Crippen LogP contribution in [0.3, 0.4) is 0 Å². The Kier molecular flexibility index (Phi) is 7.16. The van der Waals surface area contributed by atoms with Crippen molar-refractivity contribution in [3.63, 3.8) is 0 Å². The van der Waals surface area contributed by atoms with E-state index >= 15 is 0 Å². The van der Waals surface area contributed by atoms with Gasteiger partial charge in [0.15, 0.2) is 0 Å². The molecule has 0 spiro atoms. The molecule has 0 aliphatic rings. The first kappa shape index (κ1) is 22.6. The summed E-state index contributed by atoms with van der Waals surface area (Å²) in [5.41, 5.74) is 7.51. The van der Waals surface area contributed by atoms with E-state index in [4.69, 9.17) is 5.73 Å². The fourth-order valence-electron chi connectivity index (χ4n) is 3.03. The van der Waals surface area contributed by atoms with Gasteiger partial charge in [0.1, 0.15) is 0 Å². The zero-order valence-corrected chi connectivity index (χ0v) is 18.0. The van der Waals surface area contributed by atoms with E-state index in [9.17, 15) is 18.0 Å². The minimum atomic E-state index is -3.65. The lowest BCUT2D eigenvalue weighted by molar-refractivity contribution is 0.0783. The van der Waals surface area contributed by atoms with Crippen LogP contribution < -0.4 is 5.73 Å². The number of aryl methyl sites for hydroxylation is 1. The molecule has 0 heterocycles. The van der Waals surface area contributed by atoms with E-state index in [0.717, 1.165) is 5.56 Å².